The number of nitrogens with one attached hydrogen (secondary N) is 2. The minimum atomic E-state index is -0.191. The molecule has 1 saturated carbocycles. The standard InChI is InChI=1S/C23H33N3O4/c27-21(12-16-30-20-10-2-1-3-11-20)26-15-6-9-19(17-26)23(29)25-14-13-24-22(28)18-7-4-5-8-18/h1-3,10-11,18-19H,4-9,12-17H2,(H,24,28)(H,25,29). The molecule has 3 amide bonds. The summed E-state index contributed by atoms with van der Waals surface area (Å²) < 4.78 is 5.60. The first-order valence-corrected chi connectivity index (χ1v) is 11.1. The summed E-state index contributed by atoms with van der Waals surface area (Å²) in [5.41, 5.74) is 0. The Hall–Kier alpha value is -2.57. The maximum absolute atomic E-state index is 12.5. The molecular weight excluding hydrogens is 382 g/mol. The Morgan fingerprint density at radius 1 is 0.900 bits per heavy atom. The summed E-state index contributed by atoms with van der Waals surface area (Å²) in [6.45, 7) is 2.34. The first kappa shape index (κ1) is 22.1. The van der Waals surface area contributed by atoms with Crippen LogP contribution in [0.25, 0.3) is 0 Å². The van der Waals surface area contributed by atoms with E-state index in [0.29, 0.717) is 39.2 Å². The largest absolute Gasteiger partial charge is 0.493 e. The van der Waals surface area contributed by atoms with Crippen LogP contribution < -0.4 is 15.4 Å². The van der Waals surface area contributed by atoms with E-state index in [-0.39, 0.29) is 29.6 Å². The first-order valence-electron chi connectivity index (χ1n) is 11.1. The number of amides is 3. The highest BCUT2D eigenvalue weighted by atomic mass is 16.5. The molecule has 0 spiro atoms. The van der Waals surface area contributed by atoms with Gasteiger partial charge in [-0.25, -0.2) is 0 Å². The summed E-state index contributed by atoms with van der Waals surface area (Å²) in [7, 11) is 0. The lowest BCUT2D eigenvalue weighted by molar-refractivity contribution is -0.136. The SMILES string of the molecule is O=C(NCCNC(=O)C1CCCN(C(=O)CCOc2ccccc2)C1)C1CCCC1. The van der Waals surface area contributed by atoms with Crippen LogP contribution in [0, 0.1) is 11.8 Å². The van der Waals surface area contributed by atoms with Gasteiger partial charge in [0.05, 0.1) is 18.9 Å². The maximum Gasteiger partial charge on any atom is 0.226 e. The van der Waals surface area contributed by atoms with Crippen LogP contribution in [0.2, 0.25) is 0 Å². The Labute approximate surface area is 178 Å². The molecular formula is C23H33N3O4. The fourth-order valence-corrected chi connectivity index (χ4v) is 4.20. The second-order valence-electron chi connectivity index (χ2n) is 8.15. The number of likely N-dealkylation sites (tertiary alicyclic amines) is 1. The van der Waals surface area contributed by atoms with Crippen molar-refractivity contribution in [1.82, 2.24) is 15.5 Å². The smallest absolute Gasteiger partial charge is 0.226 e. The minimum absolute atomic E-state index is 0.0206. The van der Waals surface area contributed by atoms with E-state index in [9.17, 15) is 14.4 Å². The molecule has 1 atom stereocenters. The Kier molecular flexibility index (Phi) is 8.53. The van der Waals surface area contributed by atoms with Crippen LogP contribution in [-0.4, -0.2) is 55.4 Å². The highest BCUT2D eigenvalue weighted by molar-refractivity contribution is 5.81. The molecule has 2 fully saturated rings. The molecule has 1 aromatic rings. The topological polar surface area (TPSA) is 87.7 Å². The molecule has 7 nitrogen and oxygen atoms in total. The van der Waals surface area contributed by atoms with Gasteiger partial charge in [0.1, 0.15) is 5.75 Å². The van der Waals surface area contributed by atoms with Gasteiger partial charge in [0.2, 0.25) is 17.7 Å². The van der Waals surface area contributed by atoms with Gasteiger partial charge in [-0.3, -0.25) is 14.4 Å². The molecule has 2 aliphatic rings. The van der Waals surface area contributed by atoms with Gasteiger partial charge in [-0.2, -0.15) is 0 Å². The molecule has 1 aliphatic heterocycles. The molecule has 1 unspecified atom stereocenters. The molecule has 1 heterocycles. The number of hydrogen-bond acceptors (Lipinski definition) is 4. The van der Waals surface area contributed by atoms with E-state index in [1.165, 1.54) is 0 Å². The van der Waals surface area contributed by atoms with Crippen LogP contribution in [0.5, 0.6) is 5.75 Å². The predicted molar refractivity (Wildman–Crippen MR) is 114 cm³/mol. The van der Waals surface area contributed by atoms with E-state index < -0.39 is 0 Å². The van der Waals surface area contributed by atoms with Crippen LogP contribution in [0.3, 0.4) is 0 Å². The van der Waals surface area contributed by atoms with Gasteiger partial charge < -0.3 is 20.3 Å². The van der Waals surface area contributed by atoms with Gasteiger partial charge in [-0.05, 0) is 37.8 Å². The molecule has 2 N–H and O–H groups in total. The first-order chi connectivity index (χ1) is 14.6. The summed E-state index contributed by atoms with van der Waals surface area (Å²) >= 11 is 0. The normalized spacial score (nSPS) is 19.3. The fraction of sp³-hybridized carbons (Fsp3) is 0.609. The molecule has 7 heteroatoms. The van der Waals surface area contributed by atoms with Gasteiger partial charge >= 0.3 is 0 Å². The second kappa shape index (κ2) is 11.6. The van der Waals surface area contributed by atoms with Gasteiger partial charge in [0, 0.05) is 32.1 Å². The van der Waals surface area contributed by atoms with E-state index in [1.807, 2.05) is 30.3 Å². The molecule has 30 heavy (non-hydrogen) atoms. The number of carbonyl (C=O) groups excluding carboxylic acids is 3. The number of carbonyl (C=O) groups is 3. The third-order valence-electron chi connectivity index (χ3n) is 5.92. The van der Waals surface area contributed by atoms with Crippen molar-refractivity contribution in [2.45, 2.75) is 44.9 Å². The average Bonchev–Trinajstić information content (AvgIpc) is 3.32. The Morgan fingerprint density at radius 3 is 2.23 bits per heavy atom. The molecule has 3 rings (SSSR count). The van der Waals surface area contributed by atoms with Gasteiger partial charge in [-0.1, -0.05) is 31.0 Å². The number of rotatable bonds is 9. The van der Waals surface area contributed by atoms with Crippen molar-refractivity contribution in [3.63, 3.8) is 0 Å². The Balaban J connectivity index is 1.32. The van der Waals surface area contributed by atoms with Crippen molar-refractivity contribution >= 4 is 17.7 Å². The predicted octanol–water partition coefficient (Wildman–Crippen LogP) is 2.12. The van der Waals surface area contributed by atoms with Crippen LogP contribution in [0.1, 0.15) is 44.9 Å². The van der Waals surface area contributed by atoms with E-state index in [4.69, 9.17) is 4.74 Å². The van der Waals surface area contributed by atoms with Crippen molar-refractivity contribution in [3.05, 3.63) is 30.3 Å². The van der Waals surface area contributed by atoms with Crippen LogP contribution in [0.15, 0.2) is 30.3 Å². The third kappa shape index (κ3) is 6.75. The zero-order valence-electron chi connectivity index (χ0n) is 17.6. The Bertz CT molecular complexity index is 704. The average molecular weight is 416 g/mol. The van der Waals surface area contributed by atoms with Crippen molar-refractivity contribution in [2.75, 3.05) is 32.8 Å². The number of para-hydroxylation sites is 1. The lowest BCUT2D eigenvalue weighted by Crippen LogP contribution is -2.47. The zero-order chi connectivity index (χ0) is 21.2. The monoisotopic (exact) mass is 415 g/mol. The van der Waals surface area contributed by atoms with E-state index in [1.54, 1.807) is 4.90 Å². The van der Waals surface area contributed by atoms with E-state index in [0.717, 1.165) is 44.3 Å². The van der Waals surface area contributed by atoms with E-state index in [2.05, 4.69) is 10.6 Å². The van der Waals surface area contributed by atoms with Gasteiger partial charge in [-0.15, -0.1) is 0 Å². The van der Waals surface area contributed by atoms with Crippen molar-refractivity contribution < 1.29 is 19.1 Å². The summed E-state index contributed by atoms with van der Waals surface area (Å²) in [5.74, 6) is 0.790. The highest BCUT2D eigenvalue weighted by Gasteiger charge is 2.28. The van der Waals surface area contributed by atoms with Crippen molar-refractivity contribution in [1.29, 1.82) is 0 Å². The highest BCUT2D eigenvalue weighted by Crippen LogP contribution is 2.24. The maximum atomic E-state index is 12.5. The molecule has 1 saturated heterocycles. The Morgan fingerprint density at radius 2 is 1.53 bits per heavy atom. The lowest BCUT2D eigenvalue weighted by Gasteiger charge is -2.32. The molecule has 0 bridgehead atoms. The number of hydrogen-bond donors (Lipinski definition) is 2. The molecule has 164 valence electrons. The minimum Gasteiger partial charge on any atom is -0.493 e. The molecule has 0 radical (unpaired) electrons. The van der Waals surface area contributed by atoms with Crippen LogP contribution in [-0.2, 0) is 14.4 Å². The van der Waals surface area contributed by atoms with Crippen molar-refractivity contribution in [2.24, 2.45) is 11.8 Å². The van der Waals surface area contributed by atoms with Crippen LogP contribution >= 0.6 is 0 Å². The second-order valence-corrected chi connectivity index (χ2v) is 8.15. The van der Waals surface area contributed by atoms with Gasteiger partial charge in [0.25, 0.3) is 0 Å². The lowest BCUT2D eigenvalue weighted by atomic mass is 9.97. The summed E-state index contributed by atoms with van der Waals surface area (Å²) in [6, 6.07) is 9.43. The van der Waals surface area contributed by atoms with Gasteiger partial charge in [0.15, 0.2) is 0 Å². The fourth-order valence-electron chi connectivity index (χ4n) is 4.20. The quantitative estimate of drug-likeness (QED) is 0.605. The number of nitrogens with zero attached hydrogens (tertiary/aromatic N) is 1. The number of piperidine rings is 1. The van der Waals surface area contributed by atoms with Crippen LogP contribution in [0.4, 0.5) is 0 Å². The molecule has 0 aromatic heterocycles. The van der Waals surface area contributed by atoms with E-state index >= 15 is 0 Å². The zero-order valence-corrected chi connectivity index (χ0v) is 17.6. The summed E-state index contributed by atoms with van der Waals surface area (Å²) in [6.07, 6.45) is 6.11. The third-order valence-corrected chi connectivity index (χ3v) is 5.92. The molecule has 1 aromatic carbocycles. The summed E-state index contributed by atoms with van der Waals surface area (Å²) in [4.78, 5) is 38.7. The number of benzene rings is 1. The van der Waals surface area contributed by atoms with Crippen molar-refractivity contribution in [3.8, 4) is 5.75 Å². The molecule has 1 aliphatic carbocycles. The summed E-state index contributed by atoms with van der Waals surface area (Å²) in [5, 5.41) is 5.82. The number of ether oxygens (including phenoxy) is 1.